The number of hydrogen-bond acceptors (Lipinski definition) is 6. The van der Waals surface area contributed by atoms with Crippen molar-refractivity contribution >= 4 is 50.2 Å². The topological polar surface area (TPSA) is 99.7 Å². The third-order valence-electron chi connectivity index (χ3n) is 10.3. The molecule has 0 radical (unpaired) electrons. The fraction of sp³-hybridized carbons (Fsp3) is 0.238. The molecule has 0 aromatic heterocycles. The summed E-state index contributed by atoms with van der Waals surface area (Å²) in [5, 5.41) is 0. The fourth-order valence-electron chi connectivity index (χ4n) is 7.80. The smallest absolute Gasteiger partial charge is 0.270 e. The largest absolute Gasteiger partial charge is 0.497 e. The third kappa shape index (κ3) is 6.81. The number of hydrogen-bond donors (Lipinski definition) is 0. The number of aldehydes is 2. The van der Waals surface area contributed by atoms with Gasteiger partial charge in [0.1, 0.15) is 24.1 Å². The SMILES string of the molecule is COc1ccc(N2CCN(c3ccc(OC)cc3)P2(=O)C(CC=O)c2cccc(C3CN(c4ccccc4)P(=O)(CCC=O)N3c3ccccc3)c2)cc1. The number of para-hydroxylation sites is 2. The van der Waals surface area contributed by atoms with Crippen LogP contribution in [-0.4, -0.2) is 52.6 Å². The van der Waals surface area contributed by atoms with Crippen LogP contribution in [0.2, 0.25) is 0 Å². The van der Waals surface area contributed by atoms with Gasteiger partial charge in [0.2, 0.25) is 0 Å². The minimum Gasteiger partial charge on any atom is -0.497 e. The lowest BCUT2D eigenvalue weighted by molar-refractivity contribution is -0.108. The van der Waals surface area contributed by atoms with E-state index in [-0.39, 0.29) is 25.0 Å². The first-order valence-corrected chi connectivity index (χ1v) is 21.5. The van der Waals surface area contributed by atoms with E-state index in [0.29, 0.717) is 31.1 Å². The van der Waals surface area contributed by atoms with E-state index in [2.05, 4.69) is 0 Å². The first-order chi connectivity index (χ1) is 26.3. The second-order valence-electron chi connectivity index (χ2n) is 13.3. The molecule has 10 nitrogen and oxygen atoms in total. The van der Waals surface area contributed by atoms with Crippen molar-refractivity contribution in [3.05, 3.63) is 145 Å². The molecule has 2 aliphatic rings. The Labute approximate surface area is 316 Å². The van der Waals surface area contributed by atoms with Gasteiger partial charge in [0.25, 0.3) is 14.9 Å². The second-order valence-corrected chi connectivity index (χ2v) is 18.7. The fourth-order valence-corrected chi connectivity index (χ4v) is 14.5. The highest BCUT2D eigenvalue weighted by atomic mass is 31.2. The highest BCUT2D eigenvalue weighted by Crippen LogP contribution is 2.70. The van der Waals surface area contributed by atoms with E-state index in [1.807, 2.05) is 152 Å². The average Bonchev–Trinajstić information content (AvgIpc) is 3.74. The molecule has 2 fully saturated rings. The van der Waals surface area contributed by atoms with Gasteiger partial charge < -0.3 is 33.1 Å². The predicted molar refractivity (Wildman–Crippen MR) is 217 cm³/mol. The van der Waals surface area contributed by atoms with E-state index < -0.39 is 20.5 Å². The van der Waals surface area contributed by atoms with Gasteiger partial charge in [-0.2, -0.15) is 0 Å². The number of carbonyl (C=O) groups excluding carboxylic acids is 2. The minimum atomic E-state index is -3.62. The Hall–Kier alpha value is -5.30. The van der Waals surface area contributed by atoms with Crippen LogP contribution in [0.15, 0.2) is 133 Å². The van der Waals surface area contributed by atoms with Gasteiger partial charge in [-0.05, 0) is 83.9 Å². The molecule has 2 saturated heterocycles. The zero-order valence-corrected chi connectivity index (χ0v) is 32.2. The van der Waals surface area contributed by atoms with Gasteiger partial charge in [-0.25, -0.2) is 0 Å². The number of ether oxygens (including phenoxy) is 2. The second kappa shape index (κ2) is 16.0. The quantitative estimate of drug-likeness (QED) is 0.0804. The summed E-state index contributed by atoms with van der Waals surface area (Å²) in [7, 11) is -3.78. The Kier molecular flexibility index (Phi) is 11.0. The standard InChI is InChI=1S/C42H44N4O6P2/c1-51-39-21-17-36(18-22-39)43-26-27-44(37-19-23-40(52-2)24-20-37)54(43,50)42(25-29-48)34-12-9-11-33(31-34)41-32-45(35-13-5-3-6-14-35)53(49,30-10-28-47)46(41)38-15-7-4-8-16-38/h3-9,11-24,28-29,31,41-42H,10,25-27,30,32H2,1-2H3. The summed E-state index contributed by atoms with van der Waals surface area (Å²) in [5.41, 5.74) is 4.03. The van der Waals surface area contributed by atoms with E-state index in [1.54, 1.807) is 14.2 Å². The van der Waals surface area contributed by atoms with Crippen LogP contribution in [-0.2, 0) is 18.7 Å². The molecule has 0 amide bonds. The lowest BCUT2D eigenvalue weighted by Gasteiger charge is -2.38. The van der Waals surface area contributed by atoms with Crippen LogP contribution in [0, 0.1) is 0 Å². The third-order valence-corrected chi connectivity index (χ3v) is 17.1. The van der Waals surface area contributed by atoms with Crippen LogP contribution in [0.25, 0.3) is 0 Å². The number of anilines is 4. The molecule has 5 aromatic carbocycles. The van der Waals surface area contributed by atoms with Crippen molar-refractivity contribution in [3.63, 3.8) is 0 Å². The zero-order valence-electron chi connectivity index (χ0n) is 30.4. The molecule has 0 N–H and O–H groups in total. The highest BCUT2D eigenvalue weighted by molar-refractivity contribution is 7.68. The van der Waals surface area contributed by atoms with Crippen molar-refractivity contribution in [2.45, 2.75) is 24.5 Å². The Morgan fingerprint density at radius 3 is 1.70 bits per heavy atom. The Balaban J connectivity index is 1.36. The van der Waals surface area contributed by atoms with Crippen LogP contribution in [0.4, 0.5) is 22.7 Å². The maximum absolute atomic E-state index is 16.2. The molecule has 3 atom stereocenters. The van der Waals surface area contributed by atoms with Crippen LogP contribution in [0.3, 0.4) is 0 Å². The van der Waals surface area contributed by atoms with Crippen molar-refractivity contribution in [2.24, 2.45) is 0 Å². The van der Waals surface area contributed by atoms with E-state index in [0.717, 1.165) is 46.4 Å². The van der Waals surface area contributed by atoms with Gasteiger partial charge >= 0.3 is 0 Å². The Bertz CT molecular complexity index is 2090. The average molecular weight is 763 g/mol. The Morgan fingerprint density at radius 1 is 0.648 bits per heavy atom. The first-order valence-electron chi connectivity index (χ1n) is 18.0. The number of nitrogens with zero attached hydrogens (tertiary/aromatic N) is 4. The van der Waals surface area contributed by atoms with Gasteiger partial charge in [-0.15, -0.1) is 0 Å². The molecule has 0 bridgehead atoms. The highest BCUT2D eigenvalue weighted by Gasteiger charge is 2.51. The van der Waals surface area contributed by atoms with Crippen LogP contribution in [0.1, 0.15) is 35.7 Å². The van der Waals surface area contributed by atoms with Crippen LogP contribution < -0.4 is 28.2 Å². The maximum atomic E-state index is 16.2. The molecule has 5 aromatic rings. The van der Waals surface area contributed by atoms with Crippen LogP contribution >= 0.6 is 14.9 Å². The summed E-state index contributed by atoms with van der Waals surface area (Å²) in [5.74, 6) is 1.37. The molecule has 0 spiro atoms. The lowest BCUT2D eigenvalue weighted by Crippen LogP contribution is -2.25. The Morgan fingerprint density at radius 2 is 1.19 bits per heavy atom. The molecule has 12 heteroatoms. The summed E-state index contributed by atoms with van der Waals surface area (Å²) < 4.78 is 50.4. The molecule has 2 heterocycles. The van der Waals surface area contributed by atoms with E-state index in [4.69, 9.17) is 9.47 Å². The minimum absolute atomic E-state index is 0.0150. The van der Waals surface area contributed by atoms with E-state index in [9.17, 15) is 9.59 Å². The summed E-state index contributed by atoms with van der Waals surface area (Å²) in [6.45, 7) is 1.34. The molecular weight excluding hydrogens is 718 g/mol. The number of carbonyl (C=O) groups is 2. The van der Waals surface area contributed by atoms with Crippen LogP contribution in [0.5, 0.6) is 11.5 Å². The summed E-state index contributed by atoms with van der Waals surface area (Å²) in [6.07, 6.45) is 2.01. The van der Waals surface area contributed by atoms with E-state index in [1.165, 1.54) is 0 Å². The van der Waals surface area contributed by atoms with Crippen molar-refractivity contribution in [1.82, 2.24) is 0 Å². The molecule has 54 heavy (non-hydrogen) atoms. The molecule has 0 saturated carbocycles. The molecule has 2 aliphatic heterocycles. The van der Waals surface area contributed by atoms with Crippen molar-refractivity contribution in [3.8, 4) is 11.5 Å². The summed E-state index contributed by atoms with van der Waals surface area (Å²) in [6, 6.07) is 41.9. The monoisotopic (exact) mass is 762 g/mol. The first kappa shape index (κ1) is 37.0. The maximum Gasteiger partial charge on any atom is 0.270 e. The molecular formula is C42H44N4O6P2. The number of benzene rings is 5. The normalized spacial score (nSPS) is 19.8. The van der Waals surface area contributed by atoms with Crippen molar-refractivity contribution < 1.29 is 28.2 Å². The number of methoxy groups -OCH3 is 2. The van der Waals surface area contributed by atoms with Gasteiger partial charge in [-0.3, -0.25) is 13.8 Å². The predicted octanol–water partition coefficient (Wildman–Crippen LogP) is 9.40. The summed E-state index contributed by atoms with van der Waals surface area (Å²) in [4.78, 5) is 24.4. The summed E-state index contributed by atoms with van der Waals surface area (Å²) >= 11 is 0. The van der Waals surface area contributed by atoms with Gasteiger partial charge in [0, 0.05) is 54.8 Å². The van der Waals surface area contributed by atoms with Crippen molar-refractivity contribution in [1.29, 1.82) is 0 Å². The van der Waals surface area contributed by atoms with E-state index >= 15 is 9.13 Å². The molecule has 278 valence electrons. The molecule has 7 rings (SSSR count). The number of rotatable bonds is 14. The van der Waals surface area contributed by atoms with Crippen molar-refractivity contribution in [2.75, 3.05) is 58.7 Å². The van der Waals surface area contributed by atoms with Gasteiger partial charge in [0.05, 0.1) is 32.5 Å². The van der Waals surface area contributed by atoms with Gasteiger partial charge in [0.15, 0.2) is 0 Å². The zero-order chi connectivity index (χ0) is 37.7. The lowest BCUT2D eigenvalue weighted by atomic mass is 10.0. The molecule has 0 aliphatic carbocycles. The molecule has 3 unspecified atom stereocenters. The van der Waals surface area contributed by atoms with Gasteiger partial charge in [-0.1, -0.05) is 60.7 Å².